The number of para-hydroxylation sites is 2. The zero-order valence-corrected chi connectivity index (χ0v) is 13.7. The number of benzene rings is 1. The van der Waals surface area contributed by atoms with Crippen molar-refractivity contribution < 1.29 is 28.9 Å². The van der Waals surface area contributed by atoms with Crippen LogP contribution in [0.3, 0.4) is 0 Å². The quantitative estimate of drug-likeness (QED) is 0.748. The molecule has 1 saturated heterocycles. The van der Waals surface area contributed by atoms with E-state index in [0.717, 1.165) is 0 Å². The topological polar surface area (TPSA) is 94.1 Å². The first-order valence-corrected chi connectivity index (χ1v) is 8.00. The minimum atomic E-state index is -0.945. The Balaban J connectivity index is 1.95. The van der Waals surface area contributed by atoms with Gasteiger partial charge in [-0.05, 0) is 31.9 Å². The molecule has 1 fully saturated rings. The fraction of sp³-hybridized carbons (Fsp3) is 0.529. The molecule has 7 heteroatoms. The Bertz CT molecular complexity index is 568. The van der Waals surface area contributed by atoms with Crippen molar-refractivity contribution in [3.8, 4) is 11.5 Å². The van der Waals surface area contributed by atoms with Gasteiger partial charge in [-0.15, -0.1) is 0 Å². The molecule has 24 heavy (non-hydrogen) atoms. The van der Waals surface area contributed by atoms with Gasteiger partial charge < -0.3 is 24.6 Å². The zero-order valence-electron chi connectivity index (χ0n) is 13.7. The van der Waals surface area contributed by atoms with Crippen LogP contribution in [0, 0.1) is 0 Å². The highest BCUT2D eigenvalue weighted by Gasteiger charge is 2.36. The van der Waals surface area contributed by atoms with E-state index < -0.39 is 11.5 Å². The summed E-state index contributed by atoms with van der Waals surface area (Å²) in [6.07, 6.45) is 0.818. The average molecular weight is 337 g/mol. The predicted octanol–water partition coefficient (Wildman–Crippen LogP) is 1.60. The normalized spacial score (nSPS) is 16.2. The summed E-state index contributed by atoms with van der Waals surface area (Å²) in [6, 6.07) is 7.10. The Kier molecular flexibility index (Phi) is 6.43. The molecule has 1 aromatic carbocycles. The standard InChI is InChI=1S/C17H23NO6/c1-2-23-13-5-3-4-6-14(13)24-12-15(19)18-17(11-16(20)21)7-9-22-10-8-17/h3-6H,2,7-12H2,1H3,(H,18,19)(H,20,21). The molecule has 1 amide bonds. The Morgan fingerprint density at radius 3 is 2.42 bits per heavy atom. The number of carboxylic acids is 1. The van der Waals surface area contributed by atoms with Crippen molar-refractivity contribution in [2.24, 2.45) is 0 Å². The predicted molar refractivity (Wildman–Crippen MR) is 86.3 cm³/mol. The monoisotopic (exact) mass is 337 g/mol. The minimum absolute atomic E-state index is 0.127. The summed E-state index contributed by atoms with van der Waals surface area (Å²) in [6.45, 7) is 3.02. The fourth-order valence-electron chi connectivity index (χ4n) is 2.72. The molecule has 1 aromatic rings. The summed E-state index contributed by atoms with van der Waals surface area (Å²) < 4.78 is 16.2. The van der Waals surface area contributed by atoms with Crippen molar-refractivity contribution >= 4 is 11.9 Å². The van der Waals surface area contributed by atoms with Gasteiger partial charge in [-0.3, -0.25) is 9.59 Å². The second-order valence-corrected chi connectivity index (χ2v) is 5.68. The molecular weight excluding hydrogens is 314 g/mol. The van der Waals surface area contributed by atoms with E-state index in [2.05, 4.69) is 5.32 Å². The third kappa shape index (κ3) is 5.13. The molecular formula is C17H23NO6. The molecule has 1 aliphatic heterocycles. The van der Waals surface area contributed by atoms with Gasteiger partial charge in [0.25, 0.3) is 5.91 Å². The highest BCUT2D eigenvalue weighted by molar-refractivity contribution is 5.79. The molecule has 2 N–H and O–H groups in total. The Labute approximate surface area is 140 Å². The first kappa shape index (κ1) is 18.1. The largest absolute Gasteiger partial charge is 0.490 e. The molecule has 0 spiro atoms. The Hall–Kier alpha value is -2.28. The van der Waals surface area contributed by atoms with E-state index in [-0.39, 0.29) is 18.9 Å². The van der Waals surface area contributed by atoms with Crippen LogP contribution in [-0.2, 0) is 14.3 Å². The van der Waals surface area contributed by atoms with Gasteiger partial charge in [0.15, 0.2) is 18.1 Å². The molecule has 1 aliphatic rings. The van der Waals surface area contributed by atoms with Gasteiger partial charge in [-0.2, -0.15) is 0 Å². The Morgan fingerprint density at radius 2 is 1.83 bits per heavy atom. The number of rotatable bonds is 8. The highest BCUT2D eigenvalue weighted by Crippen LogP contribution is 2.27. The molecule has 2 rings (SSSR count). The molecule has 0 radical (unpaired) electrons. The van der Waals surface area contributed by atoms with E-state index in [9.17, 15) is 9.59 Å². The van der Waals surface area contributed by atoms with Crippen LogP contribution in [0.1, 0.15) is 26.2 Å². The van der Waals surface area contributed by atoms with Gasteiger partial charge in [0.1, 0.15) is 0 Å². The summed E-state index contributed by atoms with van der Waals surface area (Å²) in [4.78, 5) is 23.3. The van der Waals surface area contributed by atoms with Gasteiger partial charge in [-0.1, -0.05) is 12.1 Å². The SMILES string of the molecule is CCOc1ccccc1OCC(=O)NC1(CC(=O)O)CCOCC1. The fourth-order valence-corrected chi connectivity index (χ4v) is 2.72. The lowest BCUT2D eigenvalue weighted by molar-refractivity contribution is -0.140. The van der Waals surface area contributed by atoms with E-state index >= 15 is 0 Å². The number of amides is 1. The maximum Gasteiger partial charge on any atom is 0.305 e. The molecule has 1 heterocycles. The molecule has 0 aromatic heterocycles. The molecule has 0 atom stereocenters. The second kappa shape index (κ2) is 8.54. The summed E-state index contributed by atoms with van der Waals surface area (Å²) in [5, 5.41) is 11.9. The third-order valence-corrected chi connectivity index (χ3v) is 3.85. The van der Waals surface area contributed by atoms with Crippen molar-refractivity contribution in [3.05, 3.63) is 24.3 Å². The van der Waals surface area contributed by atoms with Crippen molar-refractivity contribution in [1.29, 1.82) is 0 Å². The average Bonchev–Trinajstić information content (AvgIpc) is 2.54. The van der Waals surface area contributed by atoms with Crippen LogP contribution in [0.15, 0.2) is 24.3 Å². The lowest BCUT2D eigenvalue weighted by Gasteiger charge is -2.36. The van der Waals surface area contributed by atoms with Crippen LogP contribution >= 0.6 is 0 Å². The zero-order chi connectivity index (χ0) is 17.4. The maximum atomic E-state index is 12.2. The van der Waals surface area contributed by atoms with Crippen LogP contribution in [0.5, 0.6) is 11.5 Å². The van der Waals surface area contributed by atoms with Crippen LogP contribution in [0.25, 0.3) is 0 Å². The van der Waals surface area contributed by atoms with E-state index in [1.54, 1.807) is 18.2 Å². The summed E-state index contributed by atoms with van der Waals surface area (Å²) >= 11 is 0. The van der Waals surface area contributed by atoms with Crippen molar-refractivity contribution in [2.75, 3.05) is 26.4 Å². The first-order valence-electron chi connectivity index (χ1n) is 8.00. The highest BCUT2D eigenvalue weighted by atomic mass is 16.5. The molecule has 132 valence electrons. The lowest BCUT2D eigenvalue weighted by Crippen LogP contribution is -2.54. The number of aliphatic carboxylic acids is 1. The number of carboxylic acid groups (broad SMARTS) is 1. The Morgan fingerprint density at radius 1 is 1.21 bits per heavy atom. The van der Waals surface area contributed by atoms with E-state index in [0.29, 0.717) is 44.2 Å². The van der Waals surface area contributed by atoms with Crippen LogP contribution in [-0.4, -0.2) is 48.9 Å². The van der Waals surface area contributed by atoms with Gasteiger partial charge in [0, 0.05) is 13.2 Å². The van der Waals surface area contributed by atoms with Gasteiger partial charge in [0.05, 0.1) is 18.6 Å². The number of carbonyl (C=O) groups is 2. The summed E-state index contributed by atoms with van der Waals surface area (Å²) in [7, 11) is 0. The summed E-state index contributed by atoms with van der Waals surface area (Å²) in [5.41, 5.74) is -0.774. The molecule has 7 nitrogen and oxygen atoms in total. The van der Waals surface area contributed by atoms with Crippen LogP contribution in [0.4, 0.5) is 0 Å². The summed E-state index contributed by atoms with van der Waals surface area (Å²) in [5.74, 6) is -0.253. The number of ether oxygens (including phenoxy) is 3. The number of carbonyl (C=O) groups excluding carboxylic acids is 1. The lowest BCUT2D eigenvalue weighted by atomic mass is 9.86. The van der Waals surface area contributed by atoms with Crippen LogP contribution in [0.2, 0.25) is 0 Å². The molecule has 0 aliphatic carbocycles. The third-order valence-electron chi connectivity index (χ3n) is 3.85. The second-order valence-electron chi connectivity index (χ2n) is 5.68. The molecule has 0 unspecified atom stereocenters. The smallest absolute Gasteiger partial charge is 0.305 e. The first-order chi connectivity index (χ1) is 11.5. The van der Waals surface area contributed by atoms with Crippen LogP contribution < -0.4 is 14.8 Å². The number of hydrogen-bond donors (Lipinski definition) is 2. The van der Waals surface area contributed by atoms with Crippen molar-refractivity contribution in [1.82, 2.24) is 5.32 Å². The number of hydrogen-bond acceptors (Lipinski definition) is 5. The minimum Gasteiger partial charge on any atom is -0.490 e. The van der Waals surface area contributed by atoms with Gasteiger partial charge >= 0.3 is 5.97 Å². The van der Waals surface area contributed by atoms with Gasteiger partial charge in [0.2, 0.25) is 0 Å². The number of nitrogens with one attached hydrogen (secondary N) is 1. The van der Waals surface area contributed by atoms with E-state index in [4.69, 9.17) is 19.3 Å². The van der Waals surface area contributed by atoms with Gasteiger partial charge in [-0.25, -0.2) is 0 Å². The molecule has 0 bridgehead atoms. The van der Waals surface area contributed by atoms with E-state index in [1.165, 1.54) is 0 Å². The maximum absolute atomic E-state index is 12.2. The molecule has 0 saturated carbocycles. The van der Waals surface area contributed by atoms with Crippen molar-refractivity contribution in [3.63, 3.8) is 0 Å². The van der Waals surface area contributed by atoms with E-state index in [1.807, 2.05) is 13.0 Å². The van der Waals surface area contributed by atoms with Crippen molar-refractivity contribution in [2.45, 2.75) is 31.7 Å².